The quantitative estimate of drug-likeness (QED) is 0.621. The fourth-order valence-electron chi connectivity index (χ4n) is 3.77. The summed E-state index contributed by atoms with van der Waals surface area (Å²) in [6, 6.07) is 20.0. The smallest absolute Gasteiger partial charge is 0.250 e. The Kier molecular flexibility index (Phi) is 5.63. The number of hydrogen-bond donors (Lipinski definition) is 1. The highest BCUT2D eigenvalue weighted by atomic mass is 32.2. The maximum atomic E-state index is 12.7. The molecule has 5 nitrogen and oxygen atoms in total. The van der Waals surface area contributed by atoms with E-state index in [0.29, 0.717) is 10.8 Å². The summed E-state index contributed by atoms with van der Waals surface area (Å²) in [5, 5.41) is 1.78. The molecule has 1 aromatic heterocycles. The van der Waals surface area contributed by atoms with Crippen molar-refractivity contribution >= 4 is 32.7 Å². The fraction of sp³-hybridized carbons (Fsp3) is 0.273. The number of hydrogen-bond acceptors (Lipinski definition) is 5. The van der Waals surface area contributed by atoms with Gasteiger partial charge in [-0.3, -0.25) is 0 Å². The number of nitrogens with one attached hydrogen (secondary N) is 1. The lowest BCUT2D eigenvalue weighted by atomic mass is 10.0. The molecule has 1 atom stereocenters. The second kappa shape index (κ2) is 8.18. The largest absolute Gasteiger partial charge is 0.378 e. The summed E-state index contributed by atoms with van der Waals surface area (Å²) < 4.78 is 28.6. The van der Waals surface area contributed by atoms with Crippen molar-refractivity contribution < 1.29 is 8.42 Å². The molecule has 152 valence electrons. The highest BCUT2D eigenvalue weighted by molar-refractivity contribution is 7.91. The van der Waals surface area contributed by atoms with E-state index in [9.17, 15) is 8.42 Å². The molecule has 0 radical (unpaired) electrons. The number of thiophene rings is 1. The summed E-state index contributed by atoms with van der Waals surface area (Å²) in [7, 11) is 0.510. The molecule has 29 heavy (non-hydrogen) atoms. The van der Waals surface area contributed by atoms with E-state index in [-0.39, 0.29) is 6.04 Å². The topological polar surface area (TPSA) is 52.7 Å². The second-order valence-corrected chi connectivity index (χ2v) is 10.3. The summed E-state index contributed by atoms with van der Waals surface area (Å²) in [5.41, 5.74) is 4.71. The zero-order valence-corrected chi connectivity index (χ0v) is 18.2. The molecule has 2 aromatic carbocycles. The molecule has 7 heteroatoms. The van der Waals surface area contributed by atoms with Crippen molar-refractivity contribution in [2.24, 2.45) is 0 Å². The standard InChI is InChI=1S/C22H25N3O2S2/c1-24(2)19-11-9-18(10-12-19)21(16-23-29(26,27)22-8-5-15-28-22)25-14-13-17-6-3-4-7-20(17)25/h3-12,15,21,23H,13-14,16H2,1-2H3. The number of fused-ring (bicyclic) bond motifs is 1. The van der Waals surface area contributed by atoms with Gasteiger partial charge in [-0.2, -0.15) is 0 Å². The van der Waals surface area contributed by atoms with Crippen molar-refractivity contribution in [1.29, 1.82) is 0 Å². The van der Waals surface area contributed by atoms with Gasteiger partial charge in [-0.05, 0) is 47.2 Å². The van der Waals surface area contributed by atoms with Crippen LogP contribution in [0.5, 0.6) is 0 Å². The molecule has 0 aliphatic carbocycles. The maximum Gasteiger partial charge on any atom is 0.250 e. The number of sulfonamides is 1. The van der Waals surface area contributed by atoms with Crippen molar-refractivity contribution in [2.75, 3.05) is 37.0 Å². The zero-order valence-electron chi connectivity index (χ0n) is 16.6. The van der Waals surface area contributed by atoms with Crippen LogP contribution in [0.2, 0.25) is 0 Å². The van der Waals surface area contributed by atoms with Gasteiger partial charge in [-0.25, -0.2) is 13.1 Å². The van der Waals surface area contributed by atoms with E-state index >= 15 is 0 Å². The third-order valence-electron chi connectivity index (χ3n) is 5.32. The van der Waals surface area contributed by atoms with Crippen LogP contribution in [0.25, 0.3) is 0 Å². The molecule has 0 fully saturated rings. The van der Waals surface area contributed by atoms with Gasteiger partial charge >= 0.3 is 0 Å². The van der Waals surface area contributed by atoms with E-state index in [2.05, 4.69) is 57.0 Å². The lowest BCUT2D eigenvalue weighted by molar-refractivity contribution is 0.564. The minimum Gasteiger partial charge on any atom is -0.378 e. The number of anilines is 2. The molecule has 2 heterocycles. The number of nitrogens with zero attached hydrogens (tertiary/aromatic N) is 2. The maximum absolute atomic E-state index is 12.7. The normalized spacial score (nSPS) is 14.6. The van der Waals surface area contributed by atoms with Gasteiger partial charge in [0.2, 0.25) is 10.0 Å². The predicted molar refractivity (Wildman–Crippen MR) is 121 cm³/mol. The molecule has 3 aromatic rings. The van der Waals surface area contributed by atoms with Crippen LogP contribution in [0.15, 0.2) is 70.3 Å². The summed E-state index contributed by atoms with van der Waals surface area (Å²) >= 11 is 1.23. The Morgan fingerprint density at radius 3 is 2.52 bits per heavy atom. The lowest BCUT2D eigenvalue weighted by Crippen LogP contribution is -2.37. The second-order valence-electron chi connectivity index (χ2n) is 7.36. The van der Waals surface area contributed by atoms with Gasteiger partial charge in [0.1, 0.15) is 4.21 Å². The predicted octanol–water partition coefficient (Wildman–Crippen LogP) is 3.90. The van der Waals surface area contributed by atoms with Crippen LogP contribution in [-0.4, -0.2) is 35.6 Å². The molecule has 1 aliphatic rings. The zero-order chi connectivity index (χ0) is 20.4. The minimum absolute atomic E-state index is 0.0791. The molecular formula is C22H25N3O2S2. The van der Waals surface area contributed by atoms with Crippen LogP contribution in [0.1, 0.15) is 17.2 Å². The van der Waals surface area contributed by atoms with Crippen LogP contribution in [0.4, 0.5) is 11.4 Å². The van der Waals surface area contributed by atoms with Gasteiger partial charge in [0.25, 0.3) is 0 Å². The first kappa shape index (κ1) is 19.9. The Morgan fingerprint density at radius 2 is 1.83 bits per heavy atom. The Balaban J connectivity index is 1.64. The average Bonchev–Trinajstić information content (AvgIpc) is 3.39. The summed E-state index contributed by atoms with van der Waals surface area (Å²) in [4.78, 5) is 4.38. The molecule has 4 rings (SSSR count). The average molecular weight is 428 g/mol. The van der Waals surface area contributed by atoms with Crippen LogP contribution >= 0.6 is 11.3 Å². The summed E-state index contributed by atoms with van der Waals surface area (Å²) in [6.45, 7) is 1.19. The molecule has 0 spiro atoms. The molecule has 0 amide bonds. The van der Waals surface area contributed by atoms with E-state index in [1.54, 1.807) is 17.5 Å². The molecule has 0 bridgehead atoms. The van der Waals surface area contributed by atoms with E-state index in [4.69, 9.17) is 0 Å². The van der Waals surface area contributed by atoms with Crippen molar-refractivity contribution in [3.63, 3.8) is 0 Å². The van der Waals surface area contributed by atoms with Gasteiger partial charge < -0.3 is 9.80 Å². The van der Waals surface area contributed by atoms with Crippen LogP contribution < -0.4 is 14.5 Å². The Bertz CT molecular complexity index is 1060. The highest BCUT2D eigenvalue weighted by Crippen LogP contribution is 2.35. The number of benzene rings is 2. The molecule has 1 aliphatic heterocycles. The van der Waals surface area contributed by atoms with E-state index in [1.807, 2.05) is 20.2 Å². The summed E-state index contributed by atoms with van der Waals surface area (Å²) in [6.07, 6.45) is 0.972. The van der Waals surface area contributed by atoms with Gasteiger partial charge in [-0.15, -0.1) is 11.3 Å². The first-order valence-electron chi connectivity index (χ1n) is 9.61. The van der Waals surface area contributed by atoms with Crippen LogP contribution in [0.3, 0.4) is 0 Å². The SMILES string of the molecule is CN(C)c1ccc(C(CNS(=O)(=O)c2cccs2)N2CCc3ccccc32)cc1. The van der Waals surface area contributed by atoms with Crippen LogP contribution in [-0.2, 0) is 16.4 Å². The minimum atomic E-state index is -3.51. The van der Waals surface area contributed by atoms with Gasteiger partial charge in [0.05, 0.1) is 6.04 Å². The lowest BCUT2D eigenvalue weighted by Gasteiger charge is -2.31. The Labute approximate surface area is 176 Å². The number of para-hydroxylation sites is 1. The van der Waals surface area contributed by atoms with Crippen molar-refractivity contribution in [3.8, 4) is 0 Å². The van der Waals surface area contributed by atoms with Gasteiger partial charge in [0, 0.05) is 38.6 Å². The van der Waals surface area contributed by atoms with Crippen LogP contribution in [0, 0.1) is 0 Å². The summed E-state index contributed by atoms with van der Waals surface area (Å²) in [5.74, 6) is 0. The molecule has 1 unspecified atom stereocenters. The Hall–Kier alpha value is -2.35. The van der Waals surface area contributed by atoms with Gasteiger partial charge in [0.15, 0.2) is 0 Å². The third-order valence-corrected chi connectivity index (χ3v) is 8.14. The fourth-order valence-corrected chi connectivity index (χ4v) is 5.84. The Morgan fingerprint density at radius 1 is 1.07 bits per heavy atom. The van der Waals surface area contributed by atoms with Crippen molar-refractivity contribution in [1.82, 2.24) is 4.72 Å². The number of rotatable bonds is 7. The van der Waals surface area contributed by atoms with E-state index < -0.39 is 10.0 Å². The first-order valence-corrected chi connectivity index (χ1v) is 12.0. The molecule has 1 N–H and O–H groups in total. The molecule has 0 saturated heterocycles. The van der Waals surface area contributed by atoms with Crippen molar-refractivity contribution in [3.05, 3.63) is 77.2 Å². The van der Waals surface area contributed by atoms with E-state index in [0.717, 1.165) is 24.2 Å². The molecular weight excluding hydrogens is 402 g/mol. The molecule has 0 saturated carbocycles. The van der Waals surface area contributed by atoms with Crippen molar-refractivity contribution in [2.45, 2.75) is 16.7 Å². The first-order chi connectivity index (χ1) is 14.0. The monoisotopic (exact) mass is 427 g/mol. The highest BCUT2D eigenvalue weighted by Gasteiger charge is 2.28. The van der Waals surface area contributed by atoms with Gasteiger partial charge in [-0.1, -0.05) is 36.4 Å². The third kappa shape index (κ3) is 4.17. The van der Waals surface area contributed by atoms with E-state index in [1.165, 1.54) is 22.6 Å².